The van der Waals surface area contributed by atoms with Crippen LogP contribution in [0.25, 0.3) is 0 Å². The Kier molecular flexibility index (Phi) is 4.26. The van der Waals surface area contributed by atoms with E-state index in [1.165, 1.54) is 0 Å². The first-order valence-electron chi connectivity index (χ1n) is 4.59. The van der Waals surface area contributed by atoms with Gasteiger partial charge in [0.05, 0.1) is 5.69 Å². The van der Waals surface area contributed by atoms with Crippen molar-refractivity contribution >= 4 is 11.9 Å². The highest BCUT2D eigenvalue weighted by Crippen LogP contribution is 2.09. The van der Waals surface area contributed by atoms with E-state index in [2.05, 4.69) is 4.99 Å². The summed E-state index contributed by atoms with van der Waals surface area (Å²) in [6.07, 6.45) is 1.87. The lowest BCUT2D eigenvalue weighted by Gasteiger charge is -1.92. The van der Waals surface area contributed by atoms with Gasteiger partial charge in [-0.05, 0) is 17.7 Å². The van der Waals surface area contributed by atoms with Crippen molar-refractivity contribution in [2.45, 2.75) is 0 Å². The lowest BCUT2D eigenvalue weighted by molar-refractivity contribution is 1.53. The average Bonchev–Trinajstić information content (AvgIpc) is 2.29. The molecule has 2 aromatic rings. The molecule has 3 N–H and O–H groups in total. The van der Waals surface area contributed by atoms with Crippen LogP contribution in [0.3, 0.4) is 0 Å². The van der Waals surface area contributed by atoms with Gasteiger partial charge in [-0.2, -0.15) is 0 Å². The van der Waals surface area contributed by atoms with Gasteiger partial charge in [0, 0.05) is 6.21 Å². The molecule has 0 aliphatic heterocycles. The van der Waals surface area contributed by atoms with Crippen molar-refractivity contribution < 1.29 is 0 Å². The van der Waals surface area contributed by atoms with Gasteiger partial charge < -0.3 is 6.15 Å². The predicted molar refractivity (Wildman–Crippen MR) is 65.2 cm³/mol. The molecule has 0 heterocycles. The fourth-order valence-corrected chi connectivity index (χ4v) is 1.20. The maximum absolute atomic E-state index is 4.35. The molecule has 0 saturated heterocycles. The van der Waals surface area contributed by atoms with Gasteiger partial charge in [0.15, 0.2) is 0 Å². The quantitative estimate of drug-likeness (QED) is 0.736. The topological polar surface area (TPSA) is 47.4 Å². The van der Waals surface area contributed by atoms with Gasteiger partial charge in [0.1, 0.15) is 0 Å². The highest BCUT2D eigenvalue weighted by atomic mass is 14.7. The Bertz CT molecular complexity index is 366. The molecule has 0 amide bonds. The summed E-state index contributed by atoms with van der Waals surface area (Å²) in [5.41, 5.74) is 2.10. The van der Waals surface area contributed by atoms with Crippen LogP contribution >= 0.6 is 0 Å². The molecule has 2 aromatic carbocycles. The lowest BCUT2D eigenvalue weighted by Crippen LogP contribution is -1.77. The molecule has 0 atom stereocenters. The first-order chi connectivity index (χ1) is 6.95. The summed E-state index contributed by atoms with van der Waals surface area (Å²) in [5.74, 6) is 0. The summed E-state index contributed by atoms with van der Waals surface area (Å²) in [5, 5.41) is 0. The molecule has 2 nitrogen and oxygen atoms in total. The largest absolute Gasteiger partial charge is 0.344 e. The van der Waals surface area contributed by atoms with Gasteiger partial charge in [0.2, 0.25) is 0 Å². The van der Waals surface area contributed by atoms with Crippen molar-refractivity contribution in [3.63, 3.8) is 0 Å². The summed E-state index contributed by atoms with van der Waals surface area (Å²) in [6, 6.07) is 20.0. The van der Waals surface area contributed by atoms with Crippen LogP contribution < -0.4 is 6.15 Å². The van der Waals surface area contributed by atoms with Crippen LogP contribution in [0.2, 0.25) is 0 Å². The second-order valence-corrected chi connectivity index (χ2v) is 3.00. The van der Waals surface area contributed by atoms with Crippen LogP contribution in [-0.4, -0.2) is 6.21 Å². The smallest absolute Gasteiger partial charge is 0.0629 e. The Hall–Kier alpha value is -1.93. The predicted octanol–water partition coefficient (Wildman–Crippen LogP) is 3.60. The molecule has 2 heteroatoms. The minimum atomic E-state index is 0. The average molecular weight is 198 g/mol. The summed E-state index contributed by atoms with van der Waals surface area (Å²) in [4.78, 5) is 4.35. The second kappa shape index (κ2) is 5.73. The standard InChI is InChI=1S/C13H11N.H3N/c1-3-7-12(8-4-1)11-14-13-9-5-2-6-10-13;/h1-11H;1H3. The van der Waals surface area contributed by atoms with Crippen LogP contribution in [0, 0.1) is 0 Å². The van der Waals surface area contributed by atoms with E-state index in [0.717, 1.165) is 11.3 Å². The number of hydrogen-bond donors (Lipinski definition) is 1. The Morgan fingerprint density at radius 2 is 1.27 bits per heavy atom. The molecule has 0 fully saturated rings. The van der Waals surface area contributed by atoms with E-state index < -0.39 is 0 Å². The van der Waals surface area contributed by atoms with Gasteiger partial charge in [0.25, 0.3) is 0 Å². The lowest BCUT2D eigenvalue weighted by atomic mass is 10.2. The van der Waals surface area contributed by atoms with Crippen LogP contribution in [0.1, 0.15) is 5.56 Å². The van der Waals surface area contributed by atoms with Crippen LogP contribution in [-0.2, 0) is 0 Å². The maximum atomic E-state index is 4.35. The third-order valence-electron chi connectivity index (χ3n) is 1.92. The Labute approximate surface area is 89.9 Å². The monoisotopic (exact) mass is 198 g/mol. The molecule has 0 unspecified atom stereocenters. The molecule has 0 aliphatic rings. The van der Waals surface area contributed by atoms with E-state index in [1.807, 2.05) is 66.9 Å². The third-order valence-corrected chi connectivity index (χ3v) is 1.92. The second-order valence-electron chi connectivity index (χ2n) is 3.00. The van der Waals surface area contributed by atoms with E-state index in [1.54, 1.807) is 0 Å². The molecule has 0 spiro atoms. The van der Waals surface area contributed by atoms with Gasteiger partial charge in [-0.25, -0.2) is 0 Å². The first-order valence-corrected chi connectivity index (χ1v) is 4.59. The molecule has 0 bridgehead atoms. The normalized spacial score (nSPS) is 9.87. The van der Waals surface area contributed by atoms with E-state index >= 15 is 0 Å². The van der Waals surface area contributed by atoms with Crippen molar-refractivity contribution in [2.75, 3.05) is 0 Å². The Morgan fingerprint density at radius 1 is 0.733 bits per heavy atom. The zero-order valence-electron chi connectivity index (χ0n) is 8.51. The summed E-state index contributed by atoms with van der Waals surface area (Å²) < 4.78 is 0. The van der Waals surface area contributed by atoms with Gasteiger partial charge in [-0.3, -0.25) is 4.99 Å². The minimum Gasteiger partial charge on any atom is -0.344 e. The van der Waals surface area contributed by atoms with E-state index in [0.29, 0.717) is 0 Å². The Balaban J connectivity index is 0.00000112. The summed E-state index contributed by atoms with van der Waals surface area (Å²) in [7, 11) is 0. The zero-order chi connectivity index (χ0) is 9.64. The van der Waals surface area contributed by atoms with Crippen molar-refractivity contribution in [3.05, 3.63) is 66.2 Å². The van der Waals surface area contributed by atoms with Crippen LogP contribution in [0.15, 0.2) is 65.7 Å². The van der Waals surface area contributed by atoms with Crippen LogP contribution in [0.5, 0.6) is 0 Å². The molecule has 0 aromatic heterocycles. The highest BCUT2D eigenvalue weighted by molar-refractivity contribution is 5.81. The van der Waals surface area contributed by atoms with Crippen molar-refractivity contribution in [2.24, 2.45) is 4.99 Å². The molecule has 76 valence electrons. The SMILES string of the molecule is C(=Nc1ccccc1)c1ccccc1.N. The number of benzene rings is 2. The zero-order valence-corrected chi connectivity index (χ0v) is 8.51. The highest BCUT2D eigenvalue weighted by Gasteiger charge is 1.85. The maximum Gasteiger partial charge on any atom is 0.0629 e. The van der Waals surface area contributed by atoms with Crippen LogP contribution in [0.4, 0.5) is 5.69 Å². The minimum absolute atomic E-state index is 0. The summed E-state index contributed by atoms with van der Waals surface area (Å²) >= 11 is 0. The number of hydrogen-bond acceptors (Lipinski definition) is 2. The van der Waals surface area contributed by atoms with Crippen molar-refractivity contribution in [1.29, 1.82) is 0 Å². The molecule has 2 rings (SSSR count). The fourth-order valence-electron chi connectivity index (χ4n) is 1.20. The van der Waals surface area contributed by atoms with Gasteiger partial charge in [-0.1, -0.05) is 48.5 Å². The molecular formula is C13H14N2. The number of aliphatic imine (C=N–C) groups is 1. The van der Waals surface area contributed by atoms with Gasteiger partial charge >= 0.3 is 0 Å². The first kappa shape index (κ1) is 11.1. The van der Waals surface area contributed by atoms with E-state index in [-0.39, 0.29) is 6.15 Å². The molecule has 0 radical (unpaired) electrons. The van der Waals surface area contributed by atoms with E-state index in [9.17, 15) is 0 Å². The summed E-state index contributed by atoms with van der Waals surface area (Å²) in [6.45, 7) is 0. The number of para-hydroxylation sites is 1. The molecule has 0 aliphatic carbocycles. The Morgan fingerprint density at radius 3 is 1.87 bits per heavy atom. The fraction of sp³-hybridized carbons (Fsp3) is 0. The van der Waals surface area contributed by atoms with E-state index in [4.69, 9.17) is 0 Å². The van der Waals surface area contributed by atoms with Gasteiger partial charge in [-0.15, -0.1) is 0 Å². The molecule has 0 saturated carbocycles. The van der Waals surface area contributed by atoms with Crippen molar-refractivity contribution in [1.82, 2.24) is 6.15 Å². The van der Waals surface area contributed by atoms with Crippen molar-refractivity contribution in [3.8, 4) is 0 Å². The number of rotatable bonds is 2. The number of nitrogens with zero attached hydrogens (tertiary/aromatic N) is 1. The molecule has 15 heavy (non-hydrogen) atoms. The third kappa shape index (κ3) is 3.37. The molecular weight excluding hydrogens is 184 g/mol.